The van der Waals surface area contributed by atoms with Crippen molar-refractivity contribution in [3.8, 4) is 0 Å². The fourth-order valence-corrected chi connectivity index (χ4v) is 2.58. The lowest BCUT2D eigenvalue weighted by atomic mass is 10.1. The first-order valence-electron chi connectivity index (χ1n) is 6.39. The maximum atomic E-state index is 12.0. The number of alkyl halides is 1. The Labute approximate surface area is 127 Å². The molecule has 20 heavy (non-hydrogen) atoms. The summed E-state index contributed by atoms with van der Waals surface area (Å²) in [5.41, 5.74) is 0.920. The Hall–Kier alpha value is -1.26. The highest BCUT2D eigenvalue weighted by Crippen LogP contribution is 2.29. The Morgan fingerprint density at radius 1 is 1.50 bits per heavy atom. The monoisotopic (exact) mass is 315 g/mol. The van der Waals surface area contributed by atoms with E-state index in [2.05, 4.69) is 0 Å². The lowest BCUT2D eigenvalue weighted by Crippen LogP contribution is -2.25. The molecule has 0 spiro atoms. The number of benzene rings is 1. The summed E-state index contributed by atoms with van der Waals surface area (Å²) in [7, 11) is 0. The van der Waals surface area contributed by atoms with Crippen LogP contribution < -0.4 is 4.90 Å². The van der Waals surface area contributed by atoms with Gasteiger partial charge in [0.1, 0.15) is 0 Å². The minimum Gasteiger partial charge on any atom is -0.462 e. The Morgan fingerprint density at radius 3 is 2.85 bits per heavy atom. The van der Waals surface area contributed by atoms with Crippen molar-refractivity contribution >= 4 is 40.8 Å². The Morgan fingerprint density at radius 2 is 2.25 bits per heavy atom. The molecular weight excluding hydrogens is 301 g/mol. The van der Waals surface area contributed by atoms with Gasteiger partial charge in [0.25, 0.3) is 0 Å². The van der Waals surface area contributed by atoms with Crippen molar-refractivity contribution in [1.29, 1.82) is 0 Å². The molecule has 0 aromatic heterocycles. The zero-order valence-electron chi connectivity index (χ0n) is 11.1. The molecule has 1 aliphatic heterocycles. The second kappa shape index (κ2) is 6.46. The highest BCUT2D eigenvalue weighted by molar-refractivity contribution is 6.33. The summed E-state index contributed by atoms with van der Waals surface area (Å²) < 4.78 is 4.95. The van der Waals surface area contributed by atoms with E-state index in [1.807, 2.05) is 0 Å². The van der Waals surface area contributed by atoms with Crippen LogP contribution in [0.15, 0.2) is 18.2 Å². The zero-order chi connectivity index (χ0) is 14.7. The molecule has 1 unspecified atom stereocenters. The van der Waals surface area contributed by atoms with Crippen LogP contribution in [0.1, 0.15) is 23.7 Å². The van der Waals surface area contributed by atoms with Crippen molar-refractivity contribution in [1.82, 2.24) is 0 Å². The lowest BCUT2D eigenvalue weighted by molar-refractivity contribution is -0.117. The molecule has 0 radical (unpaired) electrons. The zero-order valence-corrected chi connectivity index (χ0v) is 12.6. The molecule has 0 saturated carbocycles. The lowest BCUT2D eigenvalue weighted by Gasteiger charge is -2.17. The first-order chi connectivity index (χ1) is 9.56. The molecular formula is C14H15Cl2NO3. The molecule has 1 aromatic carbocycles. The van der Waals surface area contributed by atoms with Gasteiger partial charge in [-0.15, -0.1) is 11.6 Å². The number of carbonyl (C=O) groups excluding carboxylic acids is 2. The normalized spacial score (nSPS) is 18.4. The van der Waals surface area contributed by atoms with E-state index in [-0.39, 0.29) is 24.0 Å². The third-order valence-electron chi connectivity index (χ3n) is 3.18. The van der Waals surface area contributed by atoms with Crippen LogP contribution in [0.25, 0.3) is 0 Å². The predicted octanol–water partition coefficient (Wildman–Crippen LogP) is 3.11. The van der Waals surface area contributed by atoms with Gasteiger partial charge < -0.3 is 9.64 Å². The summed E-state index contributed by atoms with van der Waals surface area (Å²) in [6, 6.07) is 4.92. The minimum atomic E-state index is -0.486. The number of ether oxygens (including phenoxy) is 1. The number of esters is 1. The van der Waals surface area contributed by atoms with Crippen LogP contribution >= 0.6 is 23.2 Å². The maximum Gasteiger partial charge on any atom is 0.339 e. The molecule has 1 aliphatic rings. The van der Waals surface area contributed by atoms with E-state index in [1.54, 1.807) is 30.0 Å². The van der Waals surface area contributed by atoms with Gasteiger partial charge in [-0.3, -0.25) is 4.79 Å². The first-order valence-corrected chi connectivity index (χ1v) is 7.31. The van der Waals surface area contributed by atoms with Crippen molar-refractivity contribution < 1.29 is 14.3 Å². The van der Waals surface area contributed by atoms with Gasteiger partial charge >= 0.3 is 5.97 Å². The minimum absolute atomic E-state index is 0.00720. The molecule has 1 amide bonds. The van der Waals surface area contributed by atoms with Gasteiger partial charge in [-0.05, 0) is 31.0 Å². The highest BCUT2D eigenvalue weighted by Gasteiger charge is 2.30. The Bertz CT molecular complexity index is 533. The second-order valence-electron chi connectivity index (χ2n) is 4.61. The standard InChI is InChI=1S/C14H15Cl2NO3/c1-2-20-14(19)11-6-10(3-4-12(11)16)17-8-9(7-15)5-13(17)18/h3-4,6,9H,2,5,7-8H2,1H3. The fourth-order valence-electron chi connectivity index (χ4n) is 2.18. The van der Waals surface area contributed by atoms with Crippen molar-refractivity contribution in [2.75, 3.05) is 23.9 Å². The van der Waals surface area contributed by atoms with Gasteiger partial charge in [-0.1, -0.05) is 11.6 Å². The Balaban J connectivity index is 2.28. The van der Waals surface area contributed by atoms with Gasteiger partial charge in [0, 0.05) is 24.5 Å². The third-order valence-corrected chi connectivity index (χ3v) is 3.95. The van der Waals surface area contributed by atoms with Gasteiger partial charge in [0.15, 0.2) is 0 Å². The molecule has 1 heterocycles. The Kier molecular flexibility index (Phi) is 4.89. The smallest absolute Gasteiger partial charge is 0.339 e. The average Bonchev–Trinajstić information content (AvgIpc) is 2.81. The maximum absolute atomic E-state index is 12.0. The van der Waals surface area contributed by atoms with Gasteiger partial charge in [0.05, 0.1) is 17.2 Å². The van der Waals surface area contributed by atoms with Crippen LogP contribution in [0.4, 0.5) is 5.69 Å². The molecule has 108 valence electrons. The number of hydrogen-bond donors (Lipinski definition) is 0. The summed E-state index contributed by atoms with van der Waals surface area (Å²) in [6.07, 6.45) is 0.431. The number of hydrogen-bond acceptors (Lipinski definition) is 3. The summed E-state index contributed by atoms with van der Waals surface area (Å²) in [6.45, 7) is 2.56. The van der Waals surface area contributed by atoms with Crippen LogP contribution in [-0.2, 0) is 9.53 Å². The molecule has 4 nitrogen and oxygen atoms in total. The van der Waals surface area contributed by atoms with E-state index in [1.165, 1.54) is 0 Å². The van der Waals surface area contributed by atoms with Crippen LogP contribution in [0.2, 0.25) is 5.02 Å². The van der Waals surface area contributed by atoms with Crippen molar-refractivity contribution in [2.24, 2.45) is 5.92 Å². The number of rotatable bonds is 4. The average molecular weight is 316 g/mol. The summed E-state index contributed by atoms with van der Waals surface area (Å²) in [4.78, 5) is 25.4. The van der Waals surface area contributed by atoms with Crippen LogP contribution in [0.5, 0.6) is 0 Å². The van der Waals surface area contributed by atoms with Crippen LogP contribution in [0, 0.1) is 5.92 Å². The molecule has 0 N–H and O–H groups in total. The molecule has 0 aliphatic carbocycles. The number of amides is 1. The number of nitrogens with zero attached hydrogens (tertiary/aromatic N) is 1. The van der Waals surface area contributed by atoms with Crippen molar-refractivity contribution in [3.63, 3.8) is 0 Å². The molecule has 1 fully saturated rings. The van der Waals surface area contributed by atoms with E-state index in [0.29, 0.717) is 29.6 Å². The van der Waals surface area contributed by atoms with Gasteiger partial charge in [-0.2, -0.15) is 0 Å². The summed E-state index contributed by atoms with van der Waals surface area (Å²) >= 11 is 11.8. The third kappa shape index (κ3) is 3.07. The van der Waals surface area contributed by atoms with E-state index in [4.69, 9.17) is 27.9 Å². The van der Waals surface area contributed by atoms with Crippen LogP contribution in [-0.4, -0.2) is 30.9 Å². The molecule has 1 atom stereocenters. The van der Waals surface area contributed by atoms with E-state index in [0.717, 1.165) is 0 Å². The molecule has 2 rings (SSSR count). The number of anilines is 1. The largest absolute Gasteiger partial charge is 0.462 e. The van der Waals surface area contributed by atoms with Crippen molar-refractivity contribution in [3.05, 3.63) is 28.8 Å². The topological polar surface area (TPSA) is 46.6 Å². The highest BCUT2D eigenvalue weighted by atomic mass is 35.5. The summed E-state index contributed by atoms with van der Waals surface area (Å²) in [5, 5.41) is 0.313. The number of carbonyl (C=O) groups is 2. The van der Waals surface area contributed by atoms with Gasteiger partial charge in [0.2, 0.25) is 5.91 Å². The van der Waals surface area contributed by atoms with E-state index in [9.17, 15) is 9.59 Å². The fraction of sp³-hybridized carbons (Fsp3) is 0.429. The molecule has 6 heteroatoms. The second-order valence-corrected chi connectivity index (χ2v) is 5.33. The van der Waals surface area contributed by atoms with Crippen molar-refractivity contribution in [2.45, 2.75) is 13.3 Å². The first kappa shape index (κ1) is 15.1. The van der Waals surface area contributed by atoms with Crippen LogP contribution in [0.3, 0.4) is 0 Å². The molecule has 1 aromatic rings. The molecule has 1 saturated heterocycles. The molecule has 0 bridgehead atoms. The van der Waals surface area contributed by atoms with E-state index >= 15 is 0 Å². The van der Waals surface area contributed by atoms with Gasteiger partial charge in [-0.25, -0.2) is 4.79 Å². The SMILES string of the molecule is CCOC(=O)c1cc(N2CC(CCl)CC2=O)ccc1Cl. The quantitative estimate of drug-likeness (QED) is 0.633. The predicted molar refractivity (Wildman–Crippen MR) is 78.6 cm³/mol. The summed E-state index contributed by atoms with van der Waals surface area (Å²) in [5.74, 6) is 0.110. The van der Waals surface area contributed by atoms with E-state index < -0.39 is 5.97 Å². The number of halogens is 2.